The van der Waals surface area contributed by atoms with E-state index < -0.39 is 47.1 Å². The summed E-state index contributed by atoms with van der Waals surface area (Å²) in [7, 11) is 1.76. The van der Waals surface area contributed by atoms with Crippen LogP contribution in [-0.2, 0) is 14.3 Å². The molecule has 1 aliphatic heterocycles. The number of aromatic hydroxyl groups is 1. The quantitative estimate of drug-likeness (QED) is 0.359. The van der Waals surface area contributed by atoms with Gasteiger partial charge in [-0.25, -0.2) is 4.79 Å². The van der Waals surface area contributed by atoms with Crippen LogP contribution in [0.4, 0.5) is 13.2 Å². The van der Waals surface area contributed by atoms with Crippen molar-refractivity contribution < 1.29 is 46.2 Å². The second-order valence-electron chi connectivity index (χ2n) is 8.28. The number of ether oxygens (including phenoxy) is 2. The molecule has 0 radical (unpaired) electrons. The van der Waals surface area contributed by atoms with Gasteiger partial charge in [0.05, 0.1) is 0 Å². The van der Waals surface area contributed by atoms with Crippen LogP contribution in [0.1, 0.15) is 24.8 Å². The number of halogens is 4. The lowest BCUT2D eigenvalue weighted by Gasteiger charge is -2.36. The van der Waals surface area contributed by atoms with Gasteiger partial charge in [0.1, 0.15) is 28.6 Å². The number of likely N-dealkylation sites (tertiary alicyclic amines) is 1. The summed E-state index contributed by atoms with van der Waals surface area (Å²) in [6.45, 7) is 1.82. The maximum atomic E-state index is 13.1. The van der Waals surface area contributed by atoms with E-state index in [1.807, 2.05) is 4.90 Å². The van der Waals surface area contributed by atoms with E-state index in [1.165, 1.54) is 19.1 Å². The van der Waals surface area contributed by atoms with Gasteiger partial charge in [-0.15, -0.1) is 0 Å². The summed E-state index contributed by atoms with van der Waals surface area (Å²) < 4.78 is 60.9. The number of furan rings is 1. The van der Waals surface area contributed by atoms with Gasteiger partial charge in [-0.1, -0.05) is 0 Å². The normalized spacial score (nSPS) is 18.8. The number of hydrogen-bond acceptors (Lipinski definition) is 9. The Bertz CT molecular complexity index is 1400. The van der Waals surface area contributed by atoms with Gasteiger partial charge in [-0.2, -0.15) is 13.2 Å². The highest BCUT2D eigenvalue weighted by atomic mass is 79.9. The third-order valence-corrected chi connectivity index (χ3v) is 6.11. The Hall–Kier alpha value is -3.32. The van der Waals surface area contributed by atoms with Gasteiger partial charge in [0.2, 0.25) is 0 Å². The molecule has 0 spiro atoms. The van der Waals surface area contributed by atoms with Crippen molar-refractivity contribution >= 4 is 38.8 Å². The van der Waals surface area contributed by atoms with E-state index >= 15 is 0 Å². The maximum Gasteiger partial charge on any atom is 0.491 e. The number of rotatable bonds is 4. The average Bonchev–Trinajstić information content (AvgIpc) is 3.19. The van der Waals surface area contributed by atoms with Gasteiger partial charge in [-0.3, -0.25) is 9.59 Å². The predicted molar refractivity (Wildman–Crippen MR) is 122 cm³/mol. The standard InChI is InChI=1S/C23H19BrF3NO8/c1-10(29)33-17-9-28(2)6-5-11(17)19-16(36-22(32)23(25,26)27)8-13(31)20-12(30)7-15(35-21(19)20)14-3-4-18(24)34-14/h3-4,7-8,11,17,31H,5-6,9H2,1-2H3/t11-,17+/m0/s1. The smallest absolute Gasteiger partial charge is 0.491 e. The SMILES string of the molecule is CC(=O)O[C@@H]1CN(C)CC[C@@H]1c1c(OC(=O)C(F)(F)F)cc(O)c2c(=O)cc(-c3ccc(Br)o3)oc12. The van der Waals surface area contributed by atoms with Gasteiger partial charge in [0.15, 0.2) is 21.6 Å². The van der Waals surface area contributed by atoms with Crippen LogP contribution in [0.25, 0.3) is 22.5 Å². The van der Waals surface area contributed by atoms with Gasteiger partial charge >= 0.3 is 18.1 Å². The van der Waals surface area contributed by atoms with Crippen molar-refractivity contribution in [2.75, 3.05) is 20.1 Å². The number of alkyl halides is 3. The number of carbonyl (C=O) groups excluding carboxylic acids is 2. The van der Waals surface area contributed by atoms with E-state index in [2.05, 4.69) is 20.7 Å². The number of hydrogen-bond donors (Lipinski definition) is 1. The van der Waals surface area contributed by atoms with Crippen molar-refractivity contribution in [1.82, 2.24) is 4.90 Å². The zero-order valence-electron chi connectivity index (χ0n) is 18.8. The van der Waals surface area contributed by atoms with Crippen molar-refractivity contribution in [3.05, 3.63) is 44.7 Å². The van der Waals surface area contributed by atoms with Gasteiger partial charge in [0, 0.05) is 37.1 Å². The van der Waals surface area contributed by atoms with E-state index in [-0.39, 0.29) is 41.0 Å². The highest BCUT2D eigenvalue weighted by Gasteiger charge is 2.43. The molecule has 1 saturated heterocycles. The number of carbonyl (C=O) groups is 2. The molecular formula is C23H19BrF3NO8. The molecule has 2 atom stereocenters. The molecule has 1 aromatic carbocycles. The lowest BCUT2D eigenvalue weighted by atomic mass is 9.85. The first-order valence-electron chi connectivity index (χ1n) is 10.6. The molecule has 13 heteroatoms. The average molecular weight is 574 g/mol. The monoisotopic (exact) mass is 573 g/mol. The second kappa shape index (κ2) is 9.62. The molecule has 36 heavy (non-hydrogen) atoms. The molecule has 2 aromatic heterocycles. The molecule has 192 valence electrons. The molecule has 1 N–H and O–H groups in total. The minimum atomic E-state index is -5.34. The number of likely N-dealkylation sites (N-methyl/N-ethyl adjacent to an activating group) is 1. The summed E-state index contributed by atoms with van der Waals surface area (Å²) in [4.78, 5) is 38.4. The Morgan fingerprint density at radius 1 is 1.19 bits per heavy atom. The molecule has 0 unspecified atom stereocenters. The number of phenolic OH excluding ortho intramolecular Hbond substituents is 1. The molecule has 1 fully saturated rings. The lowest BCUT2D eigenvalue weighted by molar-refractivity contribution is -0.189. The summed E-state index contributed by atoms with van der Waals surface area (Å²) in [5, 5.41) is 10.2. The topological polar surface area (TPSA) is 119 Å². The van der Waals surface area contributed by atoms with Crippen LogP contribution in [0.3, 0.4) is 0 Å². The Morgan fingerprint density at radius 2 is 1.92 bits per heavy atom. The van der Waals surface area contributed by atoms with Crippen LogP contribution in [-0.4, -0.2) is 54.4 Å². The van der Waals surface area contributed by atoms with E-state index in [0.717, 1.165) is 12.1 Å². The Kier molecular flexibility index (Phi) is 6.88. The Labute approximate surface area is 209 Å². The second-order valence-corrected chi connectivity index (χ2v) is 9.06. The number of phenols is 1. The molecule has 9 nitrogen and oxygen atoms in total. The Balaban J connectivity index is 2.01. The number of piperidine rings is 1. The molecular weight excluding hydrogens is 555 g/mol. The summed E-state index contributed by atoms with van der Waals surface area (Å²) in [6, 6.07) is 4.83. The highest BCUT2D eigenvalue weighted by molar-refractivity contribution is 9.10. The van der Waals surface area contributed by atoms with Gasteiger partial charge in [-0.05, 0) is 48.1 Å². The summed E-state index contributed by atoms with van der Waals surface area (Å²) >= 11 is 3.14. The number of esters is 2. The minimum Gasteiger partial charge on any atom is -0.507 e. The molecule has 0 amide bonds. The summed E-state index contributed by atoms with van der Waals surface area (Å²) in [5.74, 6) is -5.41. The zero-order valence-corrected chi connectivity index (χ0v) is 20.4. The third kappa shape index (κ3) is 5.12. The summed E-state index contributed by atoms with van der Waals surface area (Å²) in [5.41, 5.74) is -1.16. The third-order valence-electron chi connectivity index (χ3n) is 5.68. The zero-order chi connectivity index (χ0) is 26.4. The first-order valence-corrected chi connectivity index (χ1v) is 11.4. The molecule has 0 aliphatic carbocycles. The van der Waals surface area contributed by atoms with Crippen molar-refractivity contribution in [3.8, 4) is 23.0 Å². The largest absolute Gasteiger partial charge is 0.507 e. The minimum absolute atomic E-state index is 0.0879. The Morgan fingerprint density at radius 3 is 2.53 bits per heavy atom. The molecule has 3 heterocycles. The van der Waals surface area contributed by atoms with E-state index in [1.54, 1.807) is 7.05 Å². The fraction of sp³-hybridized carbons (Fsp3) is 0.348. The van der Waals surface area contributed by atoms with E-state index in [9.17, 15) is 32.7 Å². The van der Waals surface area contributed by atoms with Gasteiger partial charge < -0.3 is 28.3 Å². The number of benzene rings is 1. The van der Waals surface area contributed by atoms with Crippen LogP contribution in [0.15, 0.2) is 42.6 Å². The van der Waals surface area contributed by atoms with Crippen molar-refractivity contribution in [1.29, 1.82) is 0 Å². The van der Waals surface area contributed by atoms with Crippen LogP contribution in [0.5, 0.6) is 11.5 Å². The molecule has 3 aromatic rings. The number of nitrogens with zero attached hydrogens (tertiary/aromatic N) is 1. The molecule has 0 saturated carbocycles. The van der Waals surface area contributed by atoms with Gasteiger partial charge in [0.25, 0.3) is 0 Å². The highest BCUT2D eigenvalue weighted by Crippen LogP contribution is 2.44. The van der Waals surface area contributed by atoms with Crippen molar-refractivity contribution in [3.63, 3.8) is 0 Å². The first-order chi connectivity index (χ1) is 16.8. The fourth-order valence-electron chi connectivity index (χ4n) is 4.21. The molecule has 1 aliphatic rings. The van der Waals surface area contributed by atoms with Crippen LogP contribution in [0.2, 0.25) is 0 Å². The molecule has 0 bridgehead atoms. The van der Waals surface area contributed by atoms with Crippen LogP contribution < -0.4 is 10.2 Å². The predicted octanol–water partition coefficient (Wildman–Crippen LogP) is 4.34. The van der Waals surface area contributed by atoms with Crippen molar-refractivity contribution in [2.24, 2.45) is 0 Å². The van der Waals surface area contributed by atoms with Crippen molar-refractivity contribution in [2.45, 2.75) is 31.5 Å². The molecule has 4 rings (SSSR count). The summed E-state index contributed by atoms with van der Waals surface area (Å²) in [6.07, 6.45) is -5.98. The van der Waals surface area contributed by atoms with E-state index in [4.69, 9.17) is 13.6 Å². The fourth-order valence-corrected chi connectivity index (χ4v) is 4.51. The number of fused-ring (bicyclic) bond motifs is 1. The van der Waals surface area contributed by atoms with Crippen LogP contribution >= 0.6 is 15.9 Å². The van der Waals surface area contributed by atoms with E-state index in [0.29, 0.717) is 11.2 Å². The lowest BCUT2D eigenvalue weighted by Crippen LogP contribution is -2.43. The van der Waals surface area contributed by atoms with Crippen LogP contribution in [0, 0.1) is 0 Å². The maximum absolute atomic E-state index is 13.1. The first kappa shape index (κ1) is 25.8.